The van der Waals surface area contributed by atoms with Gasteiger partial charge in [-0.05, 0) is 24.0 Å². The highest BCUT2D eigenvalue weighted by atomic mass is 32.2. The summed E-state index contributed by atoms with van der Waals surface area (Å²) in [7, 11) is -3.83. The maximum absolute atomic E-state index is 12.4. The van der Waals surface area contributed by atoms with Gasteiger partial charge in [0.05, 0.1) is 6.61 Å². The van der Waals surface area contributed by atoms with Crippen LogP contribution in [0.3, 0.4) is 0 Å². The summed E-state index contributed by atoms with van der Waals surface area (Å²) in [5.41, 5.74) is -0.512. The van der Waals surface area contributed by atoms with Crippen LogP contribution in [-0.2, 0) is 19.9 Å². The summed E-state index contributed by atoms with van der Waals surface area (Å²) in [6.07, 6.45) is 0.967. The fourth-order valence-electron chi connectivity index (χ4n) is 3.01. The minimum absolute atomic E-state index is 0.179. The number of hydrogen-bond acceptors (Lipinski definition) is 4. The molecule has 1 saturated heterocycles. The predicted octanol–water partition coefficient (Wildman–Crippen LogP) is 2.43. The number of rotatable bonds is 3. The van der Waals surface area contributed by atoms with Gasteiger partial charge < -0.3 is 5.11 Å². The molecular formula is C17H18O4S. The average molecular weight is 318 g/mol. The Hall–Kier alpha value is -1.69. The Balaban J connectivity index is 2.20. The highest BCUT2D eigenvalue weighted by Gasteiger charge is 2.49. The first kappa shape index (κ1) is 15.2. The zero-order valence-corrected chi connectivity index (χ0v) is 12.9. The van der Waals surface area contributed by atoms with Crippen molar-refractivity contribution in [3.8, 4) is 0 Å². The van der Waals surface area contributed by atoms with Gasteiger partial charge in [-0.15, -0.1) is 0 Å². The van der Waals surface area contributed by atoms with E-state index in [0.29, 0.717) is 24.0 Å². The van der Waals surface area contributed by atoms with Crippen LogP contribution in [0.5, 0.6) is 0 Å². The van der Waals surface area contributed by atoms with Crippen LogP contribution in [0.4, 0.5) is 0 Å². The molecule has 4 nitrogen and oxygen atoms in total. The highest BCUT2D eigenvalue weighted by molar-refractivity contribution is 7.87. The fraction of sp³-hybridized carbons (Fsp3) is 0.294. The molecule has 0 amide bonds. The normalized spacial score (nSPS) is 21.4. The van der Waals surface area contributed by atoms with Crippen LogP contribution in [-0.4, -0.2) is 25.4 Å². The van der Waals surface area contributed by atoms with Gasteiger partial charge in [-0.3, -0.25) is 4.18 Å². The van der Waals surface area contributed by atoms with Gasteiger partial charge in [-0.25, -0.2) is 0 Å². The third-order valence-electron chi connectivity index (χ3n) is 4.10. The Morgan fingerprint density at radius 2 is 1.45 bits per heavy atom. The molecule has 2 aromatic carbocycles. The van der Waals surface area contributed by atoms with Crippen molar-refractivity contribution in [3.05, 3.63) is 71.8 Å². The van der Waals surface area contributed by atoms with Crippen LogP contribution in [0.1, 0.15) is 24.0 Å². The van der Waals surface area contributed by atoms with E-state index < -0.39 is 21.0 Å². The first-order valence-corrected chi connectivity index (χ1v) is 8.74. The van der Waals surface area contributed by atoms with Crippen LogP contribution in [0.25, 0.3) is 0 Å². The molecule has 3 rings (SSSR count). The molecule has 22 heavy (non-hydrogen) atoms. The van der Waals surface area contributed by atoms with E-state index in [9.17, 15) is 13.5 Å². The van der Waals surface area contributed by atoms with Crippen LogP contribution in [0, 0.1) is 0 Å². The smallest absolute Gasteiger partial charge is 0.273 e. The summed E-state index contributed by atoms with van der Waals surface area (Å²) < 4.78 is 29.8. The standard InChI is InChI=1S/C17H18O4S/c18-17(14-8-3-1-4-9-14,15-10-5-2-6-11-15)16-12-7-13-21-22(16,19)20/h1-6,8-11,16,18H,7,12-13H2. The van der Waals surface area contributed by atoms with Gasteiger partial charge in [0, 0.05) is 0 Å². The minimum atomic E-state index is -3.83. The monoisotopic (exact) mass is 318 g/mol. The summed E-state index contributed by atoms with van der Waals surface area (Å²) in [6, 6.07) is 17.8. The van der Waals surface area contributed by atoms with Gasteiger partial charge in [0.25, 0.3) is 10.1 Å². The number of hydrogen-bond donors (Lipinski definition) is 1. The molecule has 1 atom stereocenters. The fourth-order valence-corrected chi connectivity index (χ4v) is 4.67. The van der Waals surface area contributed by atoms with Crippen molar-refractivity contribution in [2.45, 2.75) is 23.7 Å². The lowest BCUT2D eigenvalue weighted by molar-refractivity contribution is 0.0597. The van der Waals surface area contributed by atoms with Crippen LogP contribution in [0.15, 0.2) is 60.7 Å². The van der Waals surface area contributed by atoms with E-state index in [2.05, 4.69) is 0 Å². The Morgan fingerprint density at radius 3 is 1.91 bits per heavy atom. The molecule has 0 bridgehead atoms. The topological polar surface area (TPSA) is 63.6 Å². The summed E-state index contributed by atoms with van der Waals surface area (Å²) in [5.74, 6) is 0. The second-order valence-corrected chi connectivity index (χ2v) is 7.23. The lowest BCUT2D eigenvalue weighted by Crippen LogP contribution is -2.48. The van der Waals surface area contributed by atoms with Gasteiger partial charge >= 0.3 is 0 Å². The molecular weight excluding hydrogens is 300 g/mol. The molecule has 1 unspecified atom stereocenters. The van der Waals surface area contributed by atoms with Crippen molar-refractivity contribution in [2.75, 3.05) is 6.61 Å². The van der Waals surface area contributed by atoms with E-state index in [4.69, 9.17) is 4.18 Å². The molecule has 1 aliphatic rings. The second kappa shape index (κ2) is 5.83. The summed E-state index contributed by atoms with van der Waals surface area (Å²) in [5, 5.41) is 10.4. The number of aliphatic hydroxyl groups is 1. The highest BCUT2D eigenvalue weighted by Crippen LogP contribution is 2.40. The van der Waals surface area contributed by atoms with Crippen molar-refractivity contribution in [3.63, 3.8) is 0 Å². The van der Waals surface area contributed by atoms with Crippen LogP contribution < -0.4 is 0 Å². The van der Waals surface area contributed by atoms with E-state index in [1.165, 1.54) is 0 Å². The molecule has 1 aliphatic heterocycles. The largest absolute Gasteiger partial charge is 0.379 e. The predicted molar refractivity (Wildman–Crippen MR) is 83.8 cm³/mol. The lowest BCUT2D eigenvalue weighted by Gasteiger charge is -2.38. The molecule has 1 fully saturated rings. The van der Waals surface area contributed by atoms with E-state index >= 15 is 0 Å². The zero-order chi connectivity index (χ0) is 15.6. The van der Waals surface area contributed by atoms with Crippen molar-refractivity contribution < 1.29 is 17.7 Å². The molecule has 0 saturated carbocycles. The van der Waals surface area contributed by atoms with Gasteiger partial charge in [0.15, 0.2) is 0 Å². The summed E-state index contributed by atoms with van der Waals surface area (Å²) >= 11 is 0. The molecule has 2 aromatic rings. The maximum Gasteiger partial charge on any atom is 0.273 e. The molecule has 0 radical (unpaired) electrons. The van der Waals surface area contributed by atoms with E-state index in [1.54, 1.807) is 48.5 Å². The average Bonchev–Trinajstić information content (AvgIpc) is 2.55. The quantitative estimate of drug-likeness (QED) is 0.883. The van der Waals surface area contributed by atoms with E-state index in [-0.39, 0.29) is 6.61 Å². The molecule has 1 heterocycles. The van der Waals surface area contributed by atoms with Crippen LogP contribution >= 0.6 is 0 Å². The molecule has 0 aromatic heterocycles. The molecule has 116 valence electrons. The SMILES string of the molecule is O=S1(=O)OCCCC1C(O)(c1ccccc1)c1ccccc1. The van der Waals surface area contributed by atoms with Gasteiger partial charge in [0.2, 0.25) is 0 Å². The van der Waals surface area contributed by atoms with E-state index in [1.807, 2.05) is 12.1 Å². The van der Waals surface area contributed by atoms with Gasteiger partial charge in [0.1, 0.15) is 10.9 Å². The Kier molecular flexibility index (Phi) is 4.04. The number of benzene rings is 2. The summed E-state index contributed by atoms with van der Waals surface area (Å²) in [6.45, 7) is 0.179. The van der Waals surface area contributed by atoms with Gasteiger partial charge in [-0.1, -0.05) is 60.7 Å². The third kappa shape index (κ3) is 2.56. The first-order valence-electron chi connectivity index (χ1n) is 7.27. The second-order valence-electron chi connectivity index (χ2n) is 5.44. The molecule has 0 spiro atoms. The van der Waals surface area contributed by atoms with Crippen molar-refractivity contribution in [2.24, 2.45) is 0 Å². The van der Waals surface area contributed by atoms with Crippen molar-refractivity contribution in [1.29, 1.82) is 0 Å². The first-order chi connectivity index (χ1) is 10.5. The van der Waals surface area contributed by atoms with Crippen molar-refractivity contribution >= 4 is 10.1 Å². The Morgan fingerprint density at radius 1 is 0.955 bits per heavy atom. The van der Waals surface area contributed by atoms with Crippen LogP contribution in [0.2, 0.25) is 0 Å². The minimum Gasteiger partial charge on any atom is -0.379 e. The molecule has 1 N–H and O–H groups in total. The molecule has 5 heteroatoms. The Bertz CT molecular complexity index is 686. The summed E-state index contributed by atoms with van der Waals surface area (Å²) in [4.78, 5) is 0. The zero-order valence-electron chi connectivity index (χ0n) is 12.1. The molecule has 0 aliphatic carbocycles. The van der Waals surface area contributed by atoms with Gasteiger partial charge in [-0.2, -0.15) is 8.42 Å². The van der Waals surface area contributed by atoms with Crippen molar-refractivity contribution in [1.82, 2.24) is 0 Å². The lowest BCUT2D eigenvalue weighted by atomic mass is 9.81. The van der Waals surface area contributed by atoms with E-state index in [0.717, 1.165) is 0 Å². The Labute approximate surface area is 130 Å². The third-order valence-corrected chi connectivity index (χ3v) is 5.87. The maximum atomic E-state index is 12.4.